The Hall–Kier alpha value is -2.55. The van der Waals surface area contributed by atoms with Crippen molar-refractivity contribution in [2.45, 2.75) is 20.3 Å². The smallest absolute Gasteiger partial charge is 0.120 e. The molecular weight excluding hydrogens is 274 g/mol. The van der Waals surface area contributed by atoms with E-state index in [0.29, 0.717) is 11.3 Å². The molecule has 0 aliphatic rings. The van der Waals surface area contributed by atoms with Crippen molar-refractivity contribution in [3.8, 4) is 0 Å². The fraction of sp³-hybridized carbons (Fsp3) is 0.211. The van der Waals surface area contributed by atoms with Crippen molar-refractivity contribution in [1.29, 1.82) is 0 Å². The third kappa shape index (κ3) is 7.29. The van der Waals surface area contributed by atoms with Crippen molar-refractivity contribution in [3.05, 3.63) is 84.6 Å². The molecule has 118 valence electrons. The van der Waals surface area contributed by atoms with Crippen molar-refractivity contribution in [2.75, 3.05) is 7.11 Å². The topological polar surface area (TPSA) is 41.8 Å². The van der Waals surface area contributed by atoms with Crippen LogP contribution in [0.5, 0.6) is 0 Å². The third-order valence-electron chi connectivity index (χ3n) is 2.54. The number of allylic oxidation sites excluding steroid dienone is 8. The van der Waals surface area contributed by atoms with Gasteiger partial charge in [0.1, 0.15) is 5.76 Å². The number of hydrogen-bond donors (Lipinski definition) is 1. The van der Waals surface area contributed by atoms with Crippen molar-refractivity contribution in [3.63, 3.8) is 0 Å². The van der Waals surface area contributed by atoms with E-state index in [2.05, 4.69) is 18.2 Å². The quantitative estimate of drug-likeness (QED) is 0.361. The number of aliphatic hydroxyl groups is 1. The molecule has 0 fully saturated rings. The van der Waals surface area contributed by atoms with Gasteiger partial charge in [0, 0.05) is 11.8 Å². The van der Waals surface area contributed by atoms with Crippen LogP contribution >= 0.6 is 0 Å². The summed E-state index contributed by atoms with van der Waals surface area (Å²) in [6, 6.07) is 0. The lowest BCUT2D eigenvalue weighted by atomic mass is 10.1. The standard InChI is InChI=1S/C19H25NO2/c1-6-10-16(9-4)15-20-18(13-14-22-5)17(11-7-2)19(21)12-8-3/h6-7,9-15,21H,1,4,8H2,2-3,5H3/b11-7-,14-13+,16-10+,18-17-,19-12+,20-15+. The summed E-state index contributed by atoms with van der Waals surface area (Å²) in [4.78, 5) is 4.42. The first kappa shape index (κ1) is 19.4. The number of ether oxygens (including phenoxy) is 1. The Balaban J connectivity index is 5.97. The average molecular weight is 299 g/mol. The molecule has 0 atom stereocenters. The molecule has 3 nitrogen and oxygen atoms in total. The van der Waals surface area contributed by atoms with Crippen LogP contribution in [-0.4, -0.2) is 18.4 Å². The fourth-order valence-corrected chi connectivity index (χ4v) is 1.55. The van der Waals surface area contributed by atoms with Crippen molar-refractivity contribution in [1.82, 2.24) is 0 Å². The first-order valence-corrected chi connectivity index (χ1v) is 7.09. The highest BCUT2D eigenvalue weighted by Crippen LogP contribution is 2.18. The van der Waals surface area contributed by atoms with Gasteiger partial charge in [-0.1, -0.05) is 50.5 Å². The van der Waals surface area contributed by atoms with Crippen LogP contribution in [0.15, 0.2) is 89.5 Å². The lowest BCUT2D eigenvalue weighted by molar-refractivity contribution is 0.337. The summed E-state index contributed by atoms with van der Waals surface area (Å²) in [7, 11) is 1.56. The molecule has 22 heavy (non-hydrogen) atoms. The maximum atomic E-state index is 10.2. The van der Waals surface area contributed by atoms with E-state index >= 15 is 0 Å². The molecule has 0 radical (unpaired) electrons. The first-order chi connectivity index (χ1) is 10.6. The second-order valence-electron chi connectivity index (χ2n) is 4.20. The molecule has 1 N–H and O–H groups in total. The summed E-state index contributed by atoms with van der Waals surface area (Å²) in [5, 5.41) is 10.2. The minimum atomic E-state index is 0.182. The third-order valence-corrected chi connectivity index (χ3v) is 2.54. The molecule has 0 amide bonds. The fourth-order valence-electron chi connectivity index (χ4n) is 1.55. The summed E-state index contributed by atoms with van der Waals surface area (Å²) in [6.07, 6.45) is 16.1. The maximum absolute atomic E-state index is 10.2. The summed E-state index contributed by atoms with van der Waals surface area (Å²) in [5.41, 5.74) is 2.02. The van der Waals surface area contributed by atoms with Gasteiger partial charge in [-0.2, -0.15) is 0 Å². The molecule has 0 aliphatic carbocycles. The Labute approximate surface area is 133 Å². The maximum Gasteiger partial charge on any atom is 0.120 e. The van der Waals surface area contributed by atoms with E-state index in [-0.39, 0.29) is 5.76 Å². The van der Waals surface area contributed by atoms with Gasteiger partial charge in [0.25, 0.3) is 0 Å². The van der Waals surface area contributed by atoms with Gasteiger partial charge in [-0.3, -0.25) is 4.99 Å². The van der Waals surface area contributed by atoms with Gasteiger partial charge in [-0.05, 0) is 31.1 Å². The Bertz CT molecular complexity index is 544. The van der Waals surface area contributed by atoms with Crippen LogP contribution in [0, 0.1) is 0 Å². The molecule has 0 saturated heterocycles. The van der Waals surface area contributed by atoms with Crippen LogP contribution < -0.4 is 0 Å². The average Bonchev–Trinajstić information content (AvgIpc) is 2.52. The van der Waals surface area contributed by atoms with Crippen molar-refractivity contribution < 1.29 is 9.84 Å². The molecule has 0 rings (SSSR count). The zero-order chi connectivity index (χ0) is 16.8. The molecular formula is C19H25NO2. The Kier molecular flexibility index (Phi) is 10.8. The van der Waals surface area contributed by atoms with E-state index in [4.69, 9.17) is 4.74 Å². The predicted molar refractivity (Wildman–Crippen MR) is 96.0 cm³/mol. The van der Waals surface area contributed by atoms with E-state index in [0.717, 1.165) is 12.0 Å². The van der Waals surface area contributed by atoms with Crippen LogP contribution in [0.25, 0.3) is 0 Å². The summed E-state index contributed by atoms with van der Waals surface area (Å²) < 4.78 is 4.96. The Morgan fingerprint density at radius 2 is 2.00 bits per heavy atom. The van der Waals surface area contributed by atoms with Gasteiger partial charge in [0.2, 0.25) is 0 Å². The van der Waals surface area contributed by atoms with E-state index in [1.807, 2.05) is 19.9 Å². The molecule has 0 aliphatic heterocycles. The minimum Gasteiger partial charge on any atom is -0.508 e. The summed E-state index contributed by atoms with van der Waals surface area (Å²) >= 11 is 0. The lowest BCUT2D eigenvalue weighted by Gasteiger charge is -2.05. The Morgan fingerprint density at radius 1 is 1.27 bits per heavy atom. The second-order valence-corrected chi connectivity index (χ2v) is 4.20. The van der Waals surface area contributed by atoms with E-state index in [1.54, 1.807) is 49.8 Å². The zero-order valence-corrected chi connectivity index (χ0v) is 13.6. The molecule has 0 spiro atoms. The van der Waals surface area contributed by atoms with Gasteiger partial charge in [-0.25, -0.2) is 0 Å². The van der Waals surface area contributed by atoms with Crippen LogP contribution in [0.1, 0.15) is 20.3 Å². The second kappa shape index (κ2) is 12.2. The number of rotatable bonds is 9. The van der Waals surface area contributed by atoms with Crippen LogP contribution in [0.4, 0.5) is 0 Å². The van der Waals surface area contributed by atoms with Crippen LogP contribution in [-0.2, 0) is 4.74 Å². The summed E-state index contributed by atoms with van der Waals surface area (Å²) in [5.74, 6) is 0.182. The first-order valence-electron chi connectivity index (χ1n) is 7.09. The number of aliphatic hydroxyl groups excluding tert-OH is 1. The van der Waals surface area contributed by atoms with E-state index < -0.39 is 0 Å². The molecule has 0 unspecified atom stereocenters. The van der Waals surface area contributed by atoms with Gasteiger partial charge in [-0.15, -0.1) is 0 Å². The SMILES string of the molecule is C=C/C=C(C=C)/C=N/C(/C=C/OC)=C(/C=C\C)C(\O)=C/CC. The summed E-state index contributed by atoms with van der Waals surface area (Å²) in [6.45, 7) is 11.2. The largest absolute Gasteiger partial charge is 0.508 e. The molecule has 0 heterocycles. The lowest BCUT2D eigenvalue weighted by Crippen LogP contribution is -1.92. The van der Waals surface area contributed by atoms with E-state index in [9.17, 15) is 5.11 Å². The number of aliphatic imine (C=N–C) groups is 1. The van der Waals surface area contributed by atoms with Crippen LogP contribution in [0.3, 0.4) is 0 Å². The van der Waals surface area contributed by atoms with Gasteiger partial charge in [0.05, 0.1) is 19.1 Å². The van der Waals surface area contributed by atoms with Gasteiger partial charge in [0.15, 0.2) is 0 Å². The van der Waals surface area contributed by atoms with E-state index in [1.165, 1.54) is 6.26 Å². The number of methoxy groups -OCH3 is 1. The predicted octanol–water partition coefficient (Wildman–Crippen LogP) is 5.20. The highest BCUT2D eigenvalue weighted by atomic mass is 16.5. The molecule has 0 bridgehead atoms. The van der Waals surface area contributed by atoms with Crippen molar-refractivity contribution in [2.24, 2.45) is 4.99 Å². The monoisotopic (exact) mass is 299 g/mol. The highest BCUT2D eigenvalue weighted by molar-refractivity contribution is 5.83. The van der Waals surface area contributed by atoms with Crippen molar-refractivity contribution >= 4 is 6.21 Å². The molecule has 0 aromatic heterocycles. The van der Waals surface area contributed by atoms with Crippen LogP contribution in [0.2, 0.25) is 0 Å². The van der Waals surface area contributed by atoms with Gasteiger partial charge >= 0.3 is 0 Å². The molecule has 0 saturated carbocycles. The molecule has 0 aromatic rings. The molecule has 0 aromatic carbocycles. The number of nitrogens with zero attached hydrogens (tertiary/aromatic N) is 1. The Morgan fingerprint density at radius 3 is 2.50 bits per heavy atom. The minimum absolute atomic E-state index is 0.182. The van der Waals surface area contributed by atoms with Gasteiger partial charge < -0.3 is 9.84 Å². The highest BCUT2D eigenvalue weighted by Gasteiger charge is 2.05. The number of hydrogen-bond acceptors (Lipinski definition) is 3. The zero-order valence-electron chi connectivity index (χ0n) is 13.6. The normalized spacial score (nSPS) is 14.7. The molecule has 3 heteroatoms.